The Kier molecular flexibility index (Phi) is 2.59. The molecule has 0 unspecified atom stereocenters. The van der Waals surface area contributed by atoms with Gasteiger partial charge in [0.1, 0.15) is 5.75 Å². The van der Waals surface area contributed by atoms with Crippen LogP contribution in [0.1, 0.15) is 16.7 Å². The zero-order valence-corrected chi connectivity index (χ0v) is 12.3. The van der Waals surface area contributed by atoms with E-state index >= 15 is 0 Å². The van der Waals surface area contributed by atoms with E-state index in [-0.39, 0.29) is 11.3 Å². The Morgan fingerprint density at radius 1 is 0.818 bits per heavy atom. The number of fused-ring (bicyclic) bond motifs is 5. The van der Waals surface area contributed by atoms with E-state index in [1.54, 1.807) is 13.0 Å². The fourth-order valence-corrected chi connectivity index (χ4v) is 3.06. The summed E-state index contributed by atoms with van der Waals surface area (Å²) in [5.41, 5.74) is 3.08. The molecule has 0 amide bonds. The van der Waals surface area contributed by atoms with Crippen molar-refractivity contribution in [2.45, 2.75) is 20.0 Å². The molecule has 1 aliphatic heterocycles. The molecule has 1 aliphatic rings. The highest BCUT2D eigenvalue weighted by atomic mass is 19.3. The third kappa shape index (κ3) is 1.82. The average molecular weight is 296 g/mol. The summed E-state index contributed by atoms with van der Waals surface area (Å²) in [6.07, 6.45) is -3.31. The lowest BCUT2D eigenvalue weighted by Crippen LogP contribution is -2.26. The van der Waals surface area contributed by atoms with Crippen LogP contribution >= 0.6 is 0 Å². The van der Waals surface area contributed by atoms with Gasteiger partial charge in [0.05, 0.1) is 5.56 Å². The lowest BCUT2D eigenvalue weighted by Gasteiger charge is -2.29. The van der Waals surface area contributed by atoms with Gasteiger partial charge in [0.2, 0.25) is 0 Å². The lowest BCUT2D eigenvalue weighted by atomic mass is 9.91. The molecule has 0 aromatic heterocycles. The van der Waals surface area contributed by atoms with Crippen LogP contribution in [0.5, 0.6) is 5.75 Å². The summed E-state index contributed by atoms with van der Waals surface area (Å²) in [7, 11) is 0. The summed E-state index contributed by atoms with van der Waals surface area (Å²) in [5, 5.41) is 1.62. The molecule has 0 aliphatic carbocycles. The van der Waals surface area contributed by atoms with Crippen molar-refractivity contribution in [3.63, 3.8) is 0 Å². The van der Waals surface area contributed by atoms with Gasteiger partial charge in [0.15, 0.2) is 0 Å². The Balaban J connectivity index is 2.08. The number of ether oxygens (including phenoxy) is 1. The lowest BCUT2D eigenvalue weighted by molar-refractivity contribution is -0.186. The number of hydrogen-bond donors (Lipinski definition) is 0. The average Bonchev–Trinajstić information content (AvgIpc) is 2.46. The zero-order valence-electron chi connectivity index (χ0n) is 12.3. The molecule has 1 nitrogen and oxygen atoms in total. The second kappa shape index (κ2) is 4.29. The van der Waals surface area contributed by atoms with Gasteiger partial charge in [-0.3, -0.25) is 0 Å². The highest BCUT2D eigenvalue weighted by molar-refractivity contribution is 5.96. The molecule has 3 aromatic carbocycles. The Morgan fingerprint density at radius 3 is 2.32 bits per heavy atom. The van der Waals surface area contributed by atoms with Crippen LogP contribution in [0.3, 0.4) is 0 Å². The minimum Gasteiger partial charge on any atom is -0.428 e. The van der Waals surface area contributed by atoms with E-state index in [0.29, 0.717) is 10.9 Å². The molecule has 0 saturated heterocycles. The highest BCUT2D eigenvalue weighted by Crippen LogP contribution is 2.49. The number of halogens is 2. The summed E-state index contributed by atoms with van der Waals surface area (Å²) in [6.45, 7) is 3.78. The number of aryl methyl sites for hydroxylation is 2. The molecule has 1 heterocycles. The van der Waals surface area contributed by atoms with Crippen molar-refractivity contribution in [1.29, 1.82) is 0 Å². The Morgan fingerprint density at radius 2 is 1.50 bits per heavy atom. The fourth-order valence-electron chi connectivity index (χ4n) is 3.06. The first-order valence-corrected chi connectivity index (χ1v) is 7.17. The summed E-state index contributed by atoms with van der Waals surface area (Å²) in [6, 6.07) is 14.6. The second-order valence-electron chi connectivity index (χ2n) is 5.83. The summed E-state index contributed by atoms with van der Waals surface area (Å²) in [4.78, 5) is 0. The standard InChI is InChI=1S/C19H14F2O/c1-11-3-6-14-13(9-11)5-8-16-15-7-4-12(2)10-17(15)19(20,21)22-18(14)16/h3-10H,1-2H3. The predicted octanol–water partition coefficient (Wildman–Crippen LogP) is 5.57. The molecule has 0 spiro atoms. The molecule has 110 valence electrons. The van der Waals surface area contributed by atoms with Gasteiger partial charge >= 0.3 is 6.11 Å². The first kappa shape index (κ1) is 13.3. The van der Waals surface area contributed by atoms with Gasteiger partial charge in [-0.2, -0.15) is 8.78 Å². The maximum atomic E-state index is 14.4. The Bertz CT molecular complexity index is 913. The molecule has 3 heteroatoms. The van der Waals surface area contributed by atoms with Crippen LogP contribution in [0.2, 0.25) is 0 Å². The molecule has 22 heavy (non-hydrogen) atoms. The van der Waals surface area contributed by atoms with Gasteiger partial charge in [0.25, 0.3) is 0 Å². The quantitative estimate of drug-likeness (QED) is 0.527. The fraction of sp³-hybridized carbons (Fsp3) is 0.158. The van der Waals surface area contributed by atoms with Gasteiger partial charge in [-0.1, -0.05) is 47.5 Å². The van der Waals surface area contributed by atoms with Crippen molar-refractivity contribution in [2.24, 2.45) is 0 Å². The maximum Gasteiger partial charge on any atom is 0.427 e. The van der Waals surface area contributed by atoms with Gasteiger partial charge in [0, 0.05) is 10.9 Å². The number of benzene rings is 3. The number of rotatable bonds is 0. The third-order valence-corrected chi connectivity index (χ3v) is 4.13. The number of alkyl halides is 2. The van der Waals surface area contributed by atoms with Crippen LogP contribution in [-0.4, -0.2) is 0 Å². The second-order valence-corrected chi connectivity index (χ2v) is 5.83. The minimum absolute atomic E-state index is 0.0635. The Hall–Kier alpha value is -2.42. The van der Waals surface area contributed by atoms with Crippen molar-refractivity contribution in [3.8, 4) is 16.9 Å². The van der Waals surface area contributed by atoms with Crippen molar-refractivity contribution in [1.82, 2.24) is 0 Å². The molecular weight excluding hydrogens is 282 g/mol. The molecule has 0 bridgehead atoms. The smallest absolute Gasteiger partial charge is 0.427 e. The van der Waals surface area contributed by atoms with Crippen molar-refractivity contribution in [3.05, 3.63) is 65.2 Å². The van der Waals surface area contributed by atoms with E-state index in [9.17, 15) is 8.78 Å². The highest BCUT2D eigenvalue weighted by Gasteiger charge is 2.42. The van der Waals surface area contributed by atoms with Crippen molar-refractivity contribution in [2.75, 3.05) is 0 Å². The predicted molar refractivity (Wildman–Crippen MR) is 83.4 cm³/mol. The Labute approximate surface area is 127 Å². The van der Waals surface area contributed by atoms with E-state index < -0.39 is 6.11 Å². The van der Waals surface area contributed by atoms with E-state index in [0.717, 1.165) is 22.1 Å². The van der Waals surface area contributed by atoms with Gasteiger partial charge in [-0.15, -0.1) is 0 Å². The molecule has 0 fully saturated rings. The molecular formula is C19H14F2O. The van der Waals surface area contributed by atoms with Crippen LogP contribution in [-0.2, 0) is 6.11 Å². The maximum absolute atomic E-state index is 14.4. The summed E-state index contributed by atoms with van der Waals surface area (Å²) in [5.74, 6) is 0.263. The first-order chi connectivity index (χ1) is 10.5. The largest absolute Gasteiger partial charge is 0.428 e. The van der Waals surface area contributed by atoms with E-state index in [1.807, 2.05) is 43.3 Å². The molecule has 3 aromatic rings. The van der Waals surface area contributed by atoms with Gasteiger partial charge in [-0.25, -0.2) is 0 Å². The zero-order chi connectivity index (χ0) is 15.5. The molecule has 0 saturated carbocycles. The van der Waals surface area contributed by atoms with Crippen LogP contribution in [0.4, 0.5) is 8.78 Å². The molecule has 0 atom stereocenters. The van der Waals surface area contributed by atoms with Crippen LogP contribution in [0.25, 0.3) is 21.9 Å². The van der Waals surface area contributed by atoms with Gasteiger partial charge < -0.3 is 4.74 Å². The van der Waals surface area contributed by atoms with Gasteiger partial charge in [-0.05, 0) is 36.9 Å². The van der Waals surface area contributed by atoms with Crippen molar-refractivity contribution < 1.29 is 13.5 Å². The third-order valence-electron chi connectivity index (χ3n) is 4.13. The summed E-state index contributed by atoms with van der Waals surface area (Å²) >= 11 is 0. The van der Waals surface area contributed by atoms with Crippen LogP contribution < -0.4 is 4.74 Å². The summed E-state index contributed by atoms with van der Waals surface area (Å²) < 4.78 is 34.0. The van der Waals surface area contributed by atoms with E-state index in [4.69, 9.17) is 4.74 Å². The molecule has 0 N–H and O–H groups in total. The molecule has 4 rings (SSSR count). The molecule has 0 radical (unpaired) electrons. The van der Waals surface area contributed by atoms with Crippen LogP contribution in [0.15, 0.2) is 48.5 Å². The minimum atomic E-state index is -3.31. The van der Waals surface area contributed by atoms with Crippen LogP contribution in [0, 0.1) is 13.8 Å². The topological polar surface area (TPSA) is 9.23 Å². The van der Waals surface area contributed by atoms with E-state index in [1.165, 1.54) is 6.07 Å². The van der Waals surface area contributed by atoms with E-state index in [2.05, 4.69) is 0 Å². The number of hydrogen-bond acceptors (Lipinski definition) is 1. The first-order valence-electron chi connectivity index (χ1n) is 7.17. The normalized spacial score (nSPS) is 15.1. The SMILES string of the molecule is Cc1ccc2c(c1)C(F)(F)Oc1c-2ccc2cc(C)ccc12. The monoisotopic (exact) mass is 296 g/mol. The van der Waals surface area contributed by atoms with Crippen molar-refractivity contribution >= 4 is 10.8 Å².